The first kappa shape index (κ1) is 13.0. The summed E-state index contributed by atoms with van der Waals surface area (Å²) in [6.07, 6.45) is 15.2. The van der Waals surface area contributed by atoms with Crippen LogP contribution in [-0.2, 0) is 0 Å². The molecular formula is C19H16BrN. The van der Waals surface area contributed by atoms with Gasteiger partial charge in [0.2, 0.25) is 0 Å². The summed E-state index contributed by atoms with van der Waals surface area (Å²) >= 11 is 3.86. The van der Waals surface area contributed by atoms with Crippen LogP contribution in [0.15, 0.2) is 70.5 Å². The number of aromatic nitrogens is 1. The highest BCUT2D eigenvalue weighted by Crippen LogP contribution is 2.49. The van der Waals surface area contributed by atoms with E-state index in [1.165, 1.54) is 33.4 Å². The van der Waals surface area contributed by atoms with Crippen LogP contribution in [-0.4, -0.2) is 4.98 Å². The van der Waals surface area contributed by atoms with Crippen LogP contribution in [0.2, 0.25) is 0 Å². The van der Waals surface area contributed by atoms with Gasteiger partial charge in [-0.1, -0.05) is 51.9 Å². The summed E-state index contributed by atoms with van der Waals surface area (Å²) in [5, 5.41) is 0. The van der Waals surface area contributed by atoms with Crippen LogP contribution in [0.25, 0.3) is 6.08 Å². The van der Waals surface area contributed by atoms with E-state index in [-0.39, 0.29) is 4.83 Å². The lowest BCUT2D eigenvalue weighted by Gasteiger charge is -2.23. The molecule has 0 aromatic carbocycles. The summed E-state index contributed by atoms with van der Waals surface area (Å²) in [7, 11) is 0. The molecule has 4 rings (SSSR count). The third kappa shape index (κ3) is 2.09. The normalized spacial score (nSPS) is 22.8. The Morgan fingerprint density at radius 2 is 2.24 bits per heavy atom. The maximum atomic E-state index is 4.54. The minimum atomic E-state index is 0.254. The molecule has 0 fully saturated rings. The largest absolute Gasteiger partial charge is 0.257 e. The Balaban J connectivity index is 1.76. The molecule has 0 bridgehead atoms. The number of rotatable bonds is 2. The number of fused-ring (bicyclic) bond motifs is 2. The van der Waals surface area contributed by atoms with Gasteiger partial charge in [0.15, 0.2) is 0 Å². The fourth-order valence-corrected chi connectivity index (χ4v) is 4.08. The molecule has 0 radical (unpaired) electrons. The fourth-order valence-electron chi connectivity index (χ4n) is 3.32. The minimum Gasteiger partial charge on any atom is -0.257 e. The molecule has 1 aromatic heterocycles. The Morgan fingerprint density at radius 3 is 3.05 bits per heavy atom. The Kier molecular flexibility index (Phi) is 3.07. The van der Waals surface area contributed by atoms with E-state index in [0.29, 0.717) is 0 Å². The van der Waals surface area contributed by atoms with Gasteiger partial charge in [0, 0.05) is 6.20 Å². The molecule has 0 aliphatic heterocycles. The van der Waals surface area contributed by atoms with Crippen molar-refractivity contribution in [3.8, 4) is 0 Å². The molecule has 0 N–H and O–H groups in total. The quantitative estimate of drug-likeness (QED) is 0.654. The van der Waals surface area contributed by atoms with Crippen molar-refractivity contribution >= 4 is 22.0 Å². The lowest BCUT2D eigenvalue weighted by molar-refractivity contribution is 1.04. The van der Waals surface area contributed by atoms with Gasteiger partial charge in [-0.15, -0.1) is 0 Å². The number of hydrogen-bond acceptors (Lipinski definition) is 1. The van der Waals surface area contributed by atoms with Crippen molar-refractivity contribution in [3.05, 3.63) is 81.8 Å². The lowest BCUT2D eigenvalue weighted by Crippen LogP contribution is -2.07. The molecule has 0 spiro atoms. The zero-order valence-electron chi connectivity index (χ0n) is 11.9. The van der Waals surface area contributed by atoms with Gasteiger partial charge in [-0.25, -0.2) is 0 Å². The summed E-state index contributed by atoms with van der Waals surface area (Å²) in [4.78, 5) is 4.79. The predicted octanol–water partition coefficient (Wildman–Crippen LogP) is 5.45. The van der Waals surface area contributed by atoms with E-state index in [0.717, 1.165) is 18.5 Å². The molecule has 3 aliphatic rings. The number of hydrogen-bond donors (Lipinski definition) is 0. The van der Waals surface area contributed by atoms with Crippen molar-refractivity contribution in [3.63, 3.8) is 0 Å². The van der Waals surface area contributed by atoms with Crippen LogP contribution in [0, 0.1) is 0 Å². The number of nitrogens with zero attached hydrogens (tertiary/aromatic N) is 1. The van der Waals surface area contributed by atoms with Gasteiger partial charge < -0.3 is 0 Å². The molecule has 104 valence electrons. The first-order valence-electron chi connectivity index (χ1n) is 7.31. The van der Waals surface area contributed by atoms with E-state index in [9.17, 15) is 0 Å². The molecule has 0 amide bonds. The van der Waals surface area contributed by atoms with Gasteiger partial charge >= 0.3 is 0 Å². The summed E-state index contributed by atoms with van der Waals surface area (Å²) < 4.78 is 0. The first-order chi connectivity index (χ1) is 10.2. The molecule has 21 heavy (non-hydrogen) atoms. The highest BCUT2D eigenvalue weighted by molar-refractivity contribution is 9.09. The van der Waals surface area contributed by atoms with Gasteiger partial charge in [0.1, 0.15) is 0 Å². The zero-order chi connectivity index (χ0) is 14.4. The average molecular weight is 338 g/mol. The van der Waals surface area contributed by atoms with Gasteiger partial charge in [-0.2, -0.15) is 0 Å². The van der Waals surface area contributed by atoms with E-state index >= 15 is 0 Å². The molecule has 0 saturated heterocycles. The highest BCUT2D eigenvalue weighted by Gasteiger charge is 2.30. The molecule has 0 saturated carbocycles. The van der Waals surface area contributed by atoms with Crippen molar-refractivity contribution in [2.45, 2.75) is 24.6 Å². The number of allylic oxidation sites excluding steroid dienone is 9. The van der Waals surface area contributed by atoms with Crippen molar-refractivity contribution in [2.75, 3.05) is 0 Å². The van der Waals surface area contributed by atoms with Gasteiger partial charge in [0.05, 0.1) is 10.5 Å². The van der Waals surface area contributed by atoms with Gasteiger partial charge in [-0.05, 0) is 59.8 Å². The molecule has 1 aromatic rings. The monoisotopic (exact) mass is 337 g/mol. The number of pyridine rings is 1. The van der Waals surface area contributed by atoms with Crippen molar-refractivity contribution in [1.82, 2.24) is 4.98 Å². The Hall–Kier alpha value is -1.67. The molecule has 2 heteroatoms. The zero-order valence-corrected chi connectivity index (χ0v) is 13.5. The highest BCUT2D eigenvalue weighted by atomic mass is 79.9. The SMILES string of the molecule is CC1=C(CC2=CC=CC2)C2=Cc3ncccc3C(Br)C2=C1. The van der Waals surface area contributed by atoms with Crippen LogP contribution >= 0.6 is 15.9 Å². The van der Waals surface area contributed by atoms with Crippen LogP contribution in [0.1, 0.15) is 35.8 Å². The molecule has 1 unspecified atom stereocenters. The predicted molar refractivity (Wildman–Crippen MR) is 91.1 cm³/mol. The van der Waals surface area contributed by atoms with Crippen LogP contribution in [0.5, 0.6) is 0 Å². The topological polar surface area (TPSA) is 12.9 Å². The van der Waals surface area contributed by atoms with Crippen LogP contribution in [0.3, 0.4) is 0 Å². The maximum Gasteiger partial charge on any atom is 0.0682 e. The molecule has 1 heterocycles. The van der Waals surface area contributed by atoms with Gasteiger partial charge in [0.25, 0.3) is 0 Å². The standard InChI is InChI=1S/C19H16BrN/c1-12-9-17-16(15(12)10-13-5-2-3-6-13)11-18-14(19(17)20)7-4-8-21-18/h2-5,7-9,11,19H,6,10H2,1H3. The lowest BCUT2D eigenvalue weighted by atomic mass is 9.87. The first-order valence-corrected chi connectivity index (χ1v) is 8.23. The number of alkyl halides is 1. The van der Waals surface area contributed by atoms with Crippen molar-refractivity contribution < 1.29 is 0 Å². The molecule has 3 aliphatic carbocycles. The fraction of sp³-hybridized carbons (Fsp3) is 0.211. The van der Waals surface area contributed by atoms with Crippen LogP contribution in [0.4, 0.5) is 0 Å². The third-order valence-corrected chi connectivity index (χ3v) is 5.42. The third-order valence-electron chi connectivity index (χ3n) is 4.43. The molecule has 1 atom stereocenters. The Bertz CT molecular complexity index is 775. The minimum absolute atomic E-state index is 0.254. The smallest absolute Gasteiger partial charge is 0.0682 e. The molecule has 1 nitrogen and oxygen atoms in total. The maximum absolute atomic E-state index is 4.54. The summed E-state index contributed by atoms with van der Waals surface area (Å²) in [6, 6.07) is 4.17. The summed E-state index contributed by atoms with van der Waals surface area (Å²) in [6.45, 7) is 2.22. The van der Waals surface area contributed by atoms with E-state index in [2.05, 4.69) is 64.3 Å². The Labute approximate surface area is 133 Å². The summed E-state index contributed by atoms with van der Waals surface area (Å²) in [5.74, 6) is 0. The van der Waals surface area contributed by atoms with Crippen molar-refractivity contribution in [1.29, 1.82) is 0 Å². The molecular weight excluding hydrogens is 322 g/mol. The van der Waals surface area contributed by atoms with E-state index in [1.54, 1.807) is 0 Å². The van der Waals surface area contributed by atoms with E-state index in [1.807, 2.05) is 12.3 Å². The van der Waals surface area contributed by atoms with Crippen molar-refractivity contribution in [2.24, 2.45) is 0 Å². The average Bonchev–Trinajstić information content (AvgIpc) is 3.10. The second-order valence-corrected chi connectivity index (χ2v) is 6.71. The summed E-state index contributed by atoms with van der Waals surface area (Å²) in [5.41, 5.74) is 9.46. The second-order valence-electron chi connectivity index (χ2n) is 5.79. The Morgan fingerprint density at radius 1 is 1.33 bits per heavy atom. The second kappa shape index (κ2) is 4.96. The van der Waals surface area contributed by atoms with Crippen LogP contribution < -0.4 is 0 Å². The van der Waals surface area contributed by atoms with Gasteiger partial charge in [-0.3, -0.25) is 4.98 Å². The van der Waals surface area contributed by atoms with E-state index in [4.69, 9.17) is 0 Å². The van der Waals surface area contributed by atoms with E-state index < -0.39 is 0 Å². The number of halogens is 1.